The molecule has 0 aromatic carbocycles. The molecule has 1 aliphatic rings. The summed E-state index contributed by atoms with van der Waals surface area (Å²) in [5, 5.41) is 8.17. The summed E-state index contributed by atoms with van der Waals surface area (Å²) >= 11 is 0. The largest absolute Gasteiger partial charge is 0.369 e. The summed E-state index contributed by atoms with van der Waals surface area (Å²) in [4.78, 5) is 11.8. The van der Waals surface area contributed by atoms with Gasteiger partial charge in [0, 0.05) is 54.0 Å². The van der Waals surface area contributed by atoms with Gasteiger partial charge in [-0.05, 0) is 65.8 Å². The normalized spacial score (nSPS) is 17.2. The Hall–Kier alpha value is -2.77. The van der Waals surface area contributed by atoms with E-state index in [2.05, 4.69) is 53.6 Å². The van der Waals surface area contributed by atoms with E-state index in [9.17, 15) is 0 Å². The van der Waals surface area contributed by atoms with E-state index in [1.165, 1.54) is 11.3 Å². The predicted molar refractivity (Wildman–Crippen MR) is 127 cm³/mol. The van der Waals surface area contributed by atoms with Crippen molar-refractivity contribution in [3.63, 3.8) is 0 Å². The van der Waals surface area contributed by atoms with Gasteiger partial charge in [-0.15, -0.1) is 0 Å². The molecule has 7 nitrogen and oxygen atoms in total. The second-order valence-corrected chi connectivity index (χ2v) is 8.99. The maximum absolute atomic E-state index is 6.15. The molecule has 1 fully saturated rings. The summed E-state index contributed by atoms with van der Waals surface area (Å²) in [5.74, 6) is 0.834. The van der Waals surface area contributed by atoms with Crippen LogP contribution in [0.5, 0.6) is 0 Å². The number of aryl methyl sites for hydroxylation is 3. The monoisotopic (exact) mass is 434 g/mol. The Morgan fingerprint density at radius 1 is 1.09 bits per heavy atom. The number of hydrogen-bond donors (Lipinski definition) is 1. The number of anilines is 2. The smallest absolute Gasteiger partial charge is 0.130 e. The maximum Gasteiger partial charge on any atom is 0.130 e. The van der Waals surface area contributed by atoms with Gasteiger partial charge in [0.25, 0.3) is 0 Å². The Kier molecular flexibility index (Phi) is 6.58. The number of rotatable bonds is 6. The van der Waals surface area contributed by atoms with E-state index in [0.29, 0.717) is 12.6 Å². The molecule has 0 amide bonds. The van der Waals surface area contributed by atoms with Gasteiger partial charge in [-0.25, -0.2) is 4.98 Å². The van der Waals surface area contributed by atoms with Crippen molar-refractivity contribution < 1.29 is 4.74 Å². The minimum Gasteiger partial charge on any atom is -0.369 e. The van der Waals surface area contributed by atoms with Gasteiger partial charge < -0.3 is 10.1 Å². The molecule has 4 heterocycles. The first-order valence-electron chi connectivity index (χ1n) is 11.4. The van der Waals surface area contributed by atoms with Crippen molar-refractivity contribution in [1.29, 1.82) is 0 Å². The van der Waals surface area contributed by atoms with Crippen molar-refractivity contribution in [2.24, 2.45) is 0 Å². The van der Waals surface area contributed by atoms with E-state index in [-0.39, 0.29) is 6.10 Å². The van der Waals surface area contributed by atoms with Crippen LogP contribution in [0.1, 0.15) is 60.0 Å². The third kappa shape index (κ3) is 5.00. The second-order valence-electron chi connectivity index (χ2n) is 8.99. The van der Waals surface area contributed by atoms with Crippen LogP contribution < -0.4 is 5.32 Å². The van der Waals surface area contributed by atoms with Crippen LogP contribution in [0.4, 0.5) is 11.5 Å². The molecule has 1 N–H and O–H groups in total. The van der Waals surface area contributed by atoms with Crippen LogP contribution in [-0.2, 0) is 11.3 Å². The quantitative estimate of drug-likeness (QED) is 0.601. The topological polar surface area (TPSA) is 68.1 Å². The molecule has 32 heavy (non-hydrogen) atoms. The molecule has 0 bridgehead atoms. The lowest BCUT2D eigenvalue weighted by Gasteiger charge is -2.33. The molecule has 1 atom stereocenters. The molecular formula is C25H34N6O. The van der Waals surface area contributed by atoms with Crippen LogP contribution in [0.2, 0.25) is 0 Å². The first kappa shape index (κ1) is 22.4. The fraction of sp³-hybridized carbons (Fsp3) is 0.480. The minimum absolute atomic E-state index is 0.0598. The highest BCUT2D eigenvalue weighted by Crippen LogP contribution is 2.27. The molecule has 170 valence electrons. The van der Waals surface area contributed by atoms with E-state index in [1.807, 2.05) is 38.1 Å². The zero-order valence-electron chi connectivity index (χ0n) is 20.0. The Morgan fingerprint density at radius 3 is 2.62 bits per heavy atom. The van der Waals surface area contributed by atoms with Crippen LogP contribution in [0.15, 0.2) is 30.3 Å². The summed E-state index contributed by atoms with van der Waals surface area (Å²) in [6, 6.07) is 10.5. The number of nitrogens with one attached hydrogen (secondary N) is 1. The number of nitrogens with zero attached hydrogens (tertiary/aromatic N) is 5. The number of hydrogen-bond acceptors (Lipinski definition) is 6. The first-order valence-corrected chi connectivity index (χ1v) is 11.4. The van der Waals surface area contributed by atoms with Gasteiger partial charge in [-0.3, -0.25) is 14.6 Å². The Bertz CT molecular complexity index is 1090. The van der Waals surface area contributed by atoms with Gasteiger partial charge in [0.15, 0.2) is 0 Å². The highest BCUT2D eigenvalue weighted by molar-refractivity contribution is 5.57. The summed E-state index contributed by atoms with van der Waals surface area (Å²) in [5.41, 5.74) is 7.58. The second kappa shape index (κ2) is 9.38. The van der Waals surface area contributed by atoms with E-state index in [1.54, 1.807) is 0 Å². The number of pyridine rings is 2. The molecule has 7 heteroatoms. The maximum atomic E-state index is 6.15. The Labute approximate surface area is 190 Å². The molecular weight excluding hydrogens is 400 g/mol. The van der Waals surface area contributed by atoms with E-state index >= 15 is 0 Å². The molecule has 3 aromatic rings. The third-order valence-electron chi connectivity index (χ3n) is 5.96. The van der Waals surface area contributed by atoms with E-state index < -0.39 is 0 Å². The average Bonchev–Trinajstić information content (AvgIpc) is 3.02. The molecule has 1 aliphatic heterocycles. The average molecular weight is 435 g/mol. The number of morpholine rings is 1. The summed E-state index contributed by atoms with van der Waals surface area (Å²) in [6.07, 6.45) is -0.0598. The Morgan fingerprint density at radius 2 is 1.91 bits per heavy atom. The lowest BCUT2D eigenvalue weighted by atomic mass is 10.1. The number of aromatic nitrogens is 4. The molecule has 1 saturated heterocycles. The highest BCUT2D eigenvalue weighted by Gasteiger charge is 2.25. The minimum atomic E-state index is -0.0598. The third-order valence-corrected chi connectivity index (χ3v) is 5.96. The molecule has 0 unspecified atom stereocenters. The van der Waals surface area contributed by atoms with Gasteiger partial charge >= 0.3 is 0 Å². The van der Waals surface area contributed by atoms with Gasteiger partial charge in [-0.1, -0.05) is 6.07 Å². The van der Waals surface area contributed by atoms with E-state index in [0.717, 1.165) is 53.9 Å². The van der Waals surface area contributed by atoms with Crippen molar-refractivity contribution in [3.8, 4) is 0 Å². The fourth-order valence-corrected chi connectivity index (χ4v) is 4.37. The fourth-order valence-electron chi connectivity index (χ4n) is 4.37. The predicted octanol–water partition coefficient (Wildman–Crippen LogP) is 4.80. The zero-order chi connectivity index (χ0) is 22.8. The van der Waals surface area contributed by atoms with Crippen LogP contribution in [-0.4, -0.2) is 44.3 Å². The molecule has 0 saturated carbocycles. The van der Waals surface area contributed by atoms with Crippen LogP contribution >= 0.6 is 0 Å². The van der Waals surface area contributed by atoms with Crippen molar-refractivity contribution >= 4 is 11.5 Å². The molecule has 0 spiro atoms. The first-order chi connectivity index (χ1) is 15.3. The molecule has 0 radical (unpaired) electrons. The van der Waals surface area contributed by atoms with Crippen LogP contribution in [0.3, 0.4) is 0 Å². The lowest BCUT2D eigenvalue weighted by Crippen LogP contribution is -2.38. The van der Waals surface area contributed by atoms with Crippen molar-refractivity contribution in [1.82, 2.24) is 24.6 Å². The highest BCUT2D eigenvalue weighted by atomic mass is 16.5. The number of ether oxygens (including phenoxy) is 1. The van der Waals surface area contributed by atoms with Crippen molar-refractivity contribution in [3.05, 3.63) is 64.4 Å². The van der Waals surface area contributed by atoms with Gasteiger partial charge in [0.1, 0.15) is 11.9 Å². The van der Waals surface area contributed by atoms with Crippen LogP contribution in [0, 0.1) is 27.7 Å². The summed E-state index contributed by atoms with van der Waals surface area (Å²) < 4.78 is 8.27. The standard InChI is InChI=1S/C25H34N6O/c1-16(2)31-20(6)22(19(5)29-31)14-30-10-11-32-24(15-30)23-13-21(12-18(4)26-23)28-25-9-7-8-17(3)27-25/h7-9,12-13,16,24H,10-11,14-15H2,1-6H3,(H,26,27,28)/t24-/m1/s1. The van der Waals surface area contributed by atoms with Crippen molar-refractivity contribution in [2.75, 3.05) is 25.0 Å². The SMILES string of the molecule is Cc1cccc(Nc2cc(C)nc([C@H]3CN(Cc4c(C)nn(C(C)C)c4C)CCO3)c2)n1. The summed E-state index contributed by atoms with van der Waals surface area (Å²) in [6.45, 7) is 15.9. The molecule has 4 rings (SSSR count). The molecule has 3 aromatic heterocycles. The lowest BCUT2D eigenvalue weighted by molar-refractivity contribution is -0.0351. The van der Waals surface area contributed by atoms with Gasteiger partial charge in [-0.2, -0.15) is 5.10 Å². The Balaban J connectivity index is 1.50. The van der Waals surface area contributed by atoms with Gasteiger partial charge in [0.2, 0.25) is 0 Å². The zero-order valence-corrected chi connectivity index (χ0v) is 20.0. The van der Waals surface area contributed by atoms with Crippen LogP contribution in [0.25, 0.3) is 0 Å². The van der Waals surface area contributed by atoms with Gasteiger partial charge in [0.05, 0.1) is 18.0 Å². The molecule has 0 aliphatic carbocycles. The van der Waals surface area contributed by atoms with E-state index in [4.69, 9.17) is 14.8 Å². The summed E-state index contributed by atoms with van der Waals surface area (Å²) in [7, 11) is 0. The van der Waals surface area contributed by atoms with Crippen molar-refractivity contribution in [2.45, 2.75) is 60.2 Å².